The van der Waals surface area contributed by atoms with Gasteiger partial charge in [0.2, 0.25) is 11.8 Å². The molecule has 1 saturated heterocycles. The van der Waals surface area contributed by atoms with E-state index in [2.05, 4.69) is 45.2 Å². The summed E-state index contributed by atoms with van der Waals surface area (Å²) in [4.78, 5) is 86.1. The first-order chi connectivity index (χ1) is 24.6. The predicted octanol–water partition coefficient (Wildman–Crippen LogP) is -1.22. The summed E-state index contributed by atoms with van der Waals surface area (Å²) in [6.07, 6.45) is -6.00. The molecule has 0 bridgehead atoms. The van der Waals surface area contributed by atoms with E-state index < -0.39 is 90.5 Å². The van der Waals surface area contributed by atoms with E-state index in [1.54, 1.807) is 0 Å². The van der Waals surface area contributed by atoms with Crippen LogP contribution < -0.4 is 16.4 Å². The number of fused-ring (bicyclic) bond motifs is 1. The summed E-state index contributed by atoms with van der Waals surface area (Å²) in [6.45, 7) is 3.60. The van der Waals surface area contributed by atoms with Gasteiger partial charge in [-0.05, 0) is 0 Å². The van der Waals surface area contributed by atoms with E-state index in [0.29, 0.717) is 0 Å². The molecule has 53 heavy (non-hydrogen) atoms. The van der Waals surface area contributed by atoms with Crippen molar-refractivity contribution in [3.8, 4) is 0 Å². The first kappa shape index (κ1) is 44.5. The lowest BCUT2D eigenvalue weighted by Gasteiger charge is -2.30. The molecule has 298 valence electrons. The molecule has 0 radical (unpaired) electrons. The van der Waals surface area contributed by atoms with Gasteiger partial charge in [-0.1, -0.05) is 20.4 Å². The highest BCUT2D eigenvalue weighted by atomic mass is 32.2. The zero-order chi connectivity index (χ0) is 39.8. The van der Waals surface area contributed by atoms with Crippen LogP contribution in [-0.2, 0) is 54.9 Å². The number of phosphoric ester groups is 3. The van der Waals surface area contributed by atoms with Crippen LogP contribution in [0.4, 0.5) is 5.82 Å². The lowest BCUT2D eigenvalue weighted by Crippen LogP contribution is -2.46. The average molecular weight is 838 g/mol. The van der Waals surface area contributed by atoms with Crippen molar-refractivity contribution >= 4 is 70.3 Å². The summed E-state index contributed by atoms with van der Waals surface area (Å²) in [5.41, 5.74) is 4.24. The summed E-state index contributed by atoms with van der Waals surface area (Å²) in [5, 5.41) is 26.2. The number of nitrogens with zero attached hydrogens (tertiary/aromatic N) is 4. The van der Waals surface area contributed by atoms with Gasteiger partial charge in [0.1, 0.15) is 36.3 Å². The Bertz CT molecular complexity index is 1780. The number of hydrogen-bond acceptors (Lipinski definition) is 19. The highest BCUT2D eigenvalue weighted by molar-refractivity contribution is 7.95. The fraction of sp³-hybridized carbons (Fsp3) is 0.583. The minimum absolute atomic E-state index is 0.0267. The van der Waals surface area contributed by atoms with Crippen molar-refractivity contribution < 1.29 is 84.7 Å². The number of carbonyl (C=O) groups is 3. The molecule has 25 nitrogen and oxygen atoms in total. The standard InChI is InChI=1S/C24H38N7O18P3S/c1-4-15(33)48-53-8-7-26-14(32)5-6-27-22(36)19(35)24(2,3)10-45-52(42,43)49-51(40,41)44-9-13-18(47-50(37,38)39)17(34)23(46-13)31-12-30-16-20(25)28-11-29-21(16)31/h4,11-13,17-19,23,34-35H,1,5-10H2,2-3H3,(H,26,32)(H,27,36)(H,40,41)(H,42,43)(H2,25,28,29)(H2,37,38,39)/t13-,17-,18-,19+,23-/m1/s1. The van der Waals surface area contributed by atoms with Crippen LogP contribution >= 0.6 is 35.5 Å². The highest BCUT2D eigenvalue weighted by Crippen LogP contribution is 2.61. The molecule has 0 aromatic carbocycles. The second kappa shape index (κ2) is 18.6. The van der Waals surface area contributed by atoms with E-state index in [-0.39, 0.29) is 42.2 Å². The number of amides is 2. The number of hydrogen-bond donors (Lipinski definition) is 9. The van der Waals surface area contributed by atoms with E-state index in [9.17, 15) is 57.9 Å². The number of phosphoric acid groups is 3. The van der Waals surface area contributed by atoms with Crippen molar-refractivity contribution in [1.82, 2.24) is 30.2 Å². The Hall–Kier alpha value is -2.90. The normalized spacial score (nSPS) is 22.0. The number of rotatable bonds is 21. The SMILES string of the molecule is C=CC(=O)OSCCNC(=O)CCNC(=O)[C@H](O)C(C)(C)COP(=O)(O)OP(=O)(O)OC[C@H]1O[C@@H](n2cnc3c(N)ncnc32)[C@H](O)[C@@H]1OP(=O)(O)O. The van der Waals surface area contributed by atoms with E-state index in [4.69, 9.17) is 19.5 Å². The van der Waals surface area contributed by atoms with E-state index in [0.717, 1.165) is 35.3 Å². The molecule has 29 heteroatoms. The fourth-order valence-corrected chi connectivity index (χ4v) is 7.59. The molecule has 0 spiro atoms. The number of anilines is 1. The van der Waals surface area contributed by atoms with Crippen LogP contribution in [0.2, 0.25) is 0 Å². The predicted molar refractivity (Wildman–Crippen MR) is 178 cm³/mol. The Kier molecular flexibility index (Phi) is 15.6. The minimum atomic E-state index is -5.57. The van der Waals surface area contributed by atoms with Crippen molar-refractivity contribution in [2.75, 3.05) is 37.8 Å². The van der Waals surface area contributed by atoms with Gasteiger partial charge in [0, 0.05) is 36.8 Å². The van der Waals surface area contributed by atoms with Crippen LogP contribution in [0.3, 0.4) is 0 Å². The Morgan fingerprint density at radius 2 is 1.79 bits per heavy atom. The number of aromatic nitrogens is 4. The summed E-state index contributed by atoms with van der Waals surface area (Å²) < 4.78 is 66.5. The quantitative estimate of drug-likeness (QED) is 0.0308. The van der Waals surface area contributed by atoms with Crippen molar-refractivity contribution in [2.45, 2.75) is 50.9 Å². The first-order valence-electron chi connectivity index (χ1n) is 14.9. The van der Waals surface area contributed by atoms with E-state index in [1.807, 2.05) is 0 Å². The van der Waals surface area contributed by atoms with E-state index in [1.165, 1.54) is 13.8 Å². The molecule has 0 saturated carbocycles. The van der Waals surface area contributed by atoms with Gasteiger partial charge in [-0.25, -0.2) is 33.4 Å². The number of ether oxygens (including phenoxy) is 1. The van der Waals surface area contributed by atoms with Crippen LogP contribution in [0, 0.1) is 5.41 Å². The molecule has 2 aromatic heterocycles. The van der Waals surface area contributed by atoms with Gasteiger partial charge in [0.25, 0.3) is 0 Å². The molecule has 2 amide bonds. The van der Waals surface area contributed by atoms with Gasteiger partial charge in [-0.2, -0.15) is 4.31 Å². The second-order valence-electron chi connectivity index (χ2n) is 11.5. The Morgan fingerprint density at radius 1 is 1.11 bits per heavy atom. The molecule has 10 N–H and O–H groups in total. The molecule has 0 aliphatic carbocycles. The minimum Gasteiger partial charge on any atom is -0.388 e. The number of nitrogens with one attached hydrogen (secondary N) is 2. The smallest absolute Gasteiger partial charge is 0.388 e. The Balaban J connectivity index is 1.52. The summed E-state index contributed by atoms with van der Waals surface area (Å²) in [6, 6.07) is 0. The Labute approximate surface area is 304 Å². The van der Waals surface area contributed by atoms with E-state index >= 15 is 0 Å². The highest BCUT2D eigenvalue weighted by Gasteiger charge is 2.50. The molecule has 7 atom stereocenters. The number of aliphatic hydroxyl groups is 2. The van der Waals surface area contributed by atoms with Crippen LogP contribution in [0.5, 0.6) is 0 Å². The van der Waals surface area contributed by atoms with Gasteiger partial charge in [0.15, 0.2) is 17.7 Å². The van der Waals surface area contributed by atoms with Gasteiger partial charge in [-0.3, -0.25) is 27.7 Å². The number of nitrogens with two attached hydrogens (primary N) is 1. The van der Waals surface area contributed by atoms with Crippen molar-refractivity contribution in [2.24, 2.45) is 5.41 Å². The average Bonchev–Trinajstić information content (AvgIpc) is 3.62. The molecular weight excluding hydrogens is 799 g/mol. The maximum Gasteiger partial charge on any atom is 0.481 e. The van der Waals surface area contributed by atoms with Crippen LogP contribution in [0.15, 0.2) is 25.3 Å². The van der Waals surface area contributed by atoms with Crippen LogP contribution in [0.25, 0.3) is 11.2 Å². The summed E-state index contributed by atoms with van der Waals surface area (Å²) in [5.74, 6) is -1.91. The maximum absolute atomic E-state index is 12.6. The zero-order valence-corrected chi connectivity index (χ0v) is 31.3. The van der Waals surface area contributed by atoms with Crippen molar-refractivity contribution in [3.05, 3.63) is 25.3 Å². The summed E-state index contributed by atoms with van der Waals surface area (Å²) in [7, 11) is -16.4. The van der Waals surface area contributed by atoms with Crippen LogP contribution in [-0.4, -0.2) is 124 Å². The third-order valence-electron chi connectivity index (χ3n) is 6.89. The van der Waals surface area contributed by atoms with Crippen molar-refractivity contribution in [3.63, 3.8) is 0 Å². The molecule has 3 heterocycles. The number of nitrogen functional groups attached to an aromatic ring is 1. The molecule has 3 rings (SSSR count). The monoisotopic (exact) mass is 837 g/mol. The maximum atomic E-state index is 12.6. The molecule has 1 fully saturated rings. The molecule has 2 unspecified atom stereocenters. The zero-order valence-electron chi connectivity index (χ0n) is 27.8. The third-order valence-corrected chi connectivity index (χ3v) is 10.6. The lowest BCUT2D eigenvalue weighted by atomic mass is 9.87. The molecule has 2 aromatic rings. The number of imidazole rings is 1. The first-order valence-corrected chi connectivity index (χ1v) is 20.3. The molecule has 1 aliphatic heterocycles. The van der Waals surface area contributed by atoms with Crippen molar-refractivity contribution in [1.29, 1.82) is 0 Å². The van der Waals surface area contributed by atoms with Gasteiger partial charge in [-0.15, -0.1) is 0 Å². The van der Waals surface area contributed by atoms with Gasteiger partial charge >= 0.3 is 29.4 Å². The van der Waals surface area contributed by atoms with Crippen LogP contribution in [0.1, 0.15) is 26.5 Å². The topological polar surface area (TPSA) is 373 Å². The third kappa shape index (κ3) is 13.4. The largest absolute Gasteiger partial charge is 0.481 e. The second-order valence-corrected chi connectivity index (χ2v) is 16.5. The Morgan fingerprint density at radius 3 is 2.45 bits per heavy atom. The lowest BCUT2D eigenvalue weighted by molar-refractivity contribution is -0.137. The molecular formula is C24H38N7O18P3S. The fourth-order valence-electron chi connectivity index (χ4n) is 4.31. The van der Waals surface area contributed by atoms with Gasteiger partial charge in [0.05, 0.1) is 31.6 Å². The molecule has 1 aliphatic rings. The van der Waals surface area contributed by atoms with Gasteiger partial charge < -0.3 is 55.1 Å². The summed E-state index contributed by atoms with van der Waals surface area (Å²) >= 11 is 0.798. The number of carbonyl (C=O) groups excluding carboxylic acids is 3. The number of aliphatic hydroxyl groups excluding tert-OH is 2.